The lowest BCUT2D eigenvalue weighted by Crippen LogP contribution is -2.56. The molecule has 0 aromatic rings. The molecule has 1 aliphatic heterocycles. The van der Waals surface area contributed by atoms with E-state index in [4.69, 9.17) is 5.73 Å². The molecule has 1 aliphatic rings. The van der Waals surface area contributed by atoms with Gasteiger partial charge < -0.3 is 16.0 Å². The topological polar surface area (TPSA) is 75.4 Å². The third kappa shape index (κ3) is 3.22. The molecule has 0 spiro atoms. The molecule has 3 N–H and O–H groups in total. The number of likely N-dealkylation sites (tertiary alicyclic amines) is 1. The fraction of sp³-hybridized carbons (Fsp3) is 0.846. The summed E-state index contributed by atoms with van der Waals surface area (Å²) in [7, 11) is 1.61. The summed E-state index contributed by atoms with van der Waals surface area (Å²) < 4.78 is 0. The number of carbonyl (C=O) groups is 2. The standard InChI is InChI=1S/C13H25N3O2/c1-4-9(2)11(14)13(18)16-8-6-5-7-10(16)12(17)15-3/h9-11H,4-8,14H2,1-3H3,(H,15,17)/t9?,10?,11-/m0/s1. The van der Waals surface area contributed by atoms with Crippen LogP contribution in [0.3, 0.4) is 0 Å². The van der Waals surface area contributed by atoms with Gasteiger partial charge in [-0.15, -0.1) is 0 Å². The van der Waals surface area contributed by atoms with E-state index in [0.717, 1.165) is 25.7 Å². The lowest BCUT2D eigenvalue weighted by Gasteiger charge is -2.36. The van der Waals surface area contributed by atoms with E-state index >= 15 is 0 Å². The Balaban J connectivity index is 2.77. The maximum Gasteiger partial charge on any atom is 0.242 e. The Morgan fingerprint density at radius 2 is 2.11 bits per heavy atom. The zero-order valence-electron chi connectivity index (χ0n) is 11.6. The highest BCUT2D eigenvalue weighted by atomic mass is 16.2. The van der Waals surface area contributed by atoms with E-state index in [1.165, 1.54) is 0 Å². The van der Waals surface area contributed by atoms with Gasteiger partial charge >= 0.3 is 0 Å². The summed E-state index contributed by atoms with van der Waals surface area (Å²) in [5.74, 6) is -0.0261. The molecule has 0 aromatic heterocycles. The summed E-state index contributed by atoms with van der Waals surface area (Å²) in [5.41, 5.74) is 5.98. The van der Waals surface area contributed by atoms with Gasteiger partial charge in [0.05, 0.1) is 6.04 Å². The molecular weight excluding hydrogens is 230 g/mol. The Morgan fingerprint density at radius 3 is 2.67 bits per heavy atom. The van der Waals surface area contributed by atoms with E-state index in [2.05, 4.69) is 5.32 Å². The van der Waals surface area contributed by atoms with Gasteiger partial charge in [0.25, 0.3) is 0 Å². The summed E-state index contributed by atoms with van der Waals surface area (Å²) in [6.45, 7) is 4.63. The number of hydrogen-bond donors (Lipinski definition) is 2. The molecule has 1 rings (SSSR count). The first-order valence-electron chi connectivity index (χ1n) is 6.80. The van der Waals surface area contributed by atoms with Gasteiger partial charge in [-0.3, -0.25) is 9.59 Å². The number of amides is 2. The summed E-state index contributed by atoms with van der Waals surface area (Å²) in [6, 6.07) is -0.841. The maximum absolute atomic E-state index is 12.4. The molecule has 1 heterocycles. The summed E-state index contributed by atoms with van der Waals surface area (Å²) in [5, 5.41) is 2.63. The smallest absolute Gasteiger partial charge is 0.242 e. The zero-order valence-corrected chi connectivity index (χ0v) is 11.6. The van der Waals surface area contributed by atoms with Gasteiger partial charge in [-0.05, 0) is 25.2 Å². The second-order valence-electron chi connectivity index (χ2n) is 5.07. The van der Waals surface area contributed by atoms with Crippen molar-refractivity contribution in [1.29, 1.82) is 0 Å². The Labute approximate surface area is 109 Å². The highest BCUT2D eigenvalue weighted by Crippen LogP contribution is 2.20. The minimum atomic E-state index is -0.500. The molecule has 0 aromatic carbocycles. The fourth-order valence-corrected chi connectivity index (χ4v) is 2.32. The van der Waals surface area contributed by atoms with Crippen LogP contribution < -0.4 is 11.1 Å². The third-order valence-corrected chi connectivity index (χ3v) is 3.88. The van der Waals surface area contributed by atoms with Gasteiger partial charge in [-0.2, -0.15) is 0 Å². The molecule has 0 aliphatic carbocycles. The minimum Gasteiger partial charge on any atom is -0.357 e. The molecule has 1 saturated heterocycles. The first-order chi connectivity index (χ1) is 8.52. The van der Waals surface area contributed by atoms with Crippen LogP contribution in [-0.2, 0) is 9.59 Å². The van der Waals surface area contributed by atoms with E-state index in [-0.39, 0.29) is 23.8 Å². The molecule has 2 unspecified atom stereocenters. The quantitative estimate of drug-likeness (QED) is 0.767. The average molecular weight is 255 g/mol. The number of hydrogen-bond acceptors (Lipinski definition) is 3. The maximum atomic E-state index is 12.4. The lowest BCUT2D eigenvalue weighted by molar-refractivity contribution is -0.143. The number of likely N-dealkylation sites (N-methyl/N-ethyl adjacent to an activating group) is 1. The van der Waals surface area contributed by atoms with Crippen molar-refractivity contribution in [2.45, 2.75) is 51.6 Å². The van der Waals surface area contributed by atoms with E-state index in [1.54, 1.807) is 11.9 Å². The number of nitrogens with one attached hydrogen (secondary N) is 1. The molecule has 0 radical (unpaired) electrons. The zero-order chi connectivity index (χ0) is 13.7. The van der Waals surface area contributed by atoms with E-state index in [1.807, 2.05) is 13.8 Å². The van der Waals surface area contributed by atoms with Crippen molar-refractivity contribution in [3.8, 4) is 0 Å². The average Bonchev–Trinajstić information content (AvgIpc) is 2.43. The molecule has 1 fully saturated rings. The molecule has 0 saturated carbocycles. The van der Waals surface area contributed by atoms with Gasteiger partial charge in [-0.25, -0.2) is 0 Å². The van der Waals surface area contributed by atoms with Crippen molar-refractivity contribution in [2.75, 3.05) is 13.6 Å². The van der Waals surface area contributed by atoms with Crippen LogP contribution in [0, 0.1) is 5.92 Å². The van der Waals surface area contributed by atoms with Crippen molar-refractivity contribution in [1.82, 2.24) is 10.2 Å². The van der Waals surface area contributed by atoms with Crippen LogP contribution in [0.5, 0.6) is 0 Å². The van der Waals surface area contributed by atoms with Crippen molar-refractivity contribution in [3.05, 3.63) is 0 Å². The molecule has 18 heavy (non-hydrogen) atoms. The molecule has 104 valence electrons. The SMILES string of the molecule is CCC(C)[C@H](N)C(=O)N1CCCCC1C(=O)NC. The normalized spacial score (nSPS) is 23.3. The molecule has 3 atom stereocenters. The number of nitrogens with two attached hydrogens (primary N) is 1. The van der Waals surface area contributed by atoms with Gasteiger partial charge in [0.2, 0.25) is 11.8 Å². The predicted molar refractivity (Wildman–Crippen MR) is 70.8 cm³/mol. The second-order valence-corrected chi connectivity index (χ2v) is 5.07. The molecule has 2 amide bonds. The monoisotopic (exact) mass is 255 g/mol. The predicted octanol–water partition coefficient (Wildman–Crippen LogP) is 0.487. The first kappa shape index (κ1) is 15.0. The highest BCUT2D eigenvalue weighted by molar-refractivity contribution is 5.89. The fourth-order valence-electron chi connectivity index (χ4n) is 2.32. The van der Waals surface area contributed by atoms with Crippen molar-refractivity contribution >= 4 is 11.8 Å². The van der Waals surface area contributed by atoms with Crippen molar-refractivity contribution in [3.63, 3.8) is 0 Å². The largest absolute Gasteiger partial charge is 0.357 e. The van der Waals surface area contributed by atoms with Gasteiger partial charge in [0.15, 0.2) is 0 Å². The lowest BCUT2D eigenvalue weighted by atomic mass is 9.95. The third-order valence-electron chi connectivity index (χ3n) is 3.88. The number of nitrogens with zero attached hydrogens (tertiary/aromatic N) is 1. The van der Waals surface area contributed by atoms with Crippen LogP contribution in [0.2, 0.25) is 0 Å². The van der Waals surface area contributed by atoms with Crippen LogP contribution in [0.25, 0.3) is 0 Å². The van der Waals surface area contributed by atoms with E-state index < -0.39 is 6.04 Å². The summed E-state index contributed by atoms with van der Waals surface area (Å²) in [6.07, 6.45) is 3.54. The second kappa shape index (κ2) is 6.73. The Morgan fingerprint density at radius 1 is 1.44 bits per heavy atom. The van der Waals surface area contributed by atoms with Crippen molar-refractivity contribution < 1.29 is 9.59 Å². The van der Waals surface area contributed by atoms with Gasteiger partial charge in [0, 0.05) is 13.6 Å². The number of piperidine rings is 1. The summed E-state index contributed by atoms with van der Waals surface area (Å²) >= 11 is 0. The van der Waals surface area contributed by atoms with E-state index in [0.29, 0.717) is 6.54 Å². The summed E-state index contributed by atoms with van der Waals surface area (Å²) in [4.78, 5) is 25.8. The molecular formula is C13H25N3O2. The van der Waals surface area contributed by atoms with Crippen LogP contribution in [0.1, 0.15) is 39.5 Å². The van der Waals surface area contributed by atoms with Crippen LogP contribution in [-0.4, -0.2) is 42.4 Å². The Bertz CT molecular complexity index is 307. The Kier molecular flexibility index (Phi) is 5.59. The molecule has 0 bridgehead atoms. The van der Waals surface area contributed by atoms with Crippen LogP contribution in [0.15, 0.2) is 0 Å². The Hall–Kier alpha value is -1.10. The molecule has 5 heteroatoms. The van der Waals surface area contributed by atoms with Crippen LogP contribution >= 0.6 is 0 Å². The van der Waals surface area contributed by atoms with Crippen LogP contribution in [0.4, 0.5) is 0 Å². The number of carbonyl (C=O) groups excluding carboxylic acids is 2. The number of rotatable bonds is 4. The first-order valence-corrected chi connectivity index (χ1v) is 6.80. The van der Waals surface area contributed by atoms with Gasteiger partial charge in [0.1, 0.15) is 6.04 Å². The van der Waals surface area contributed by atoms with Crippen molar-refractivity contribution in [2.24, 2.45) is 11.7 Å². The van der Waals surface area contributed by atoms with Gasteiger partial charge in [-0.1, -0.05) is 20.3 Å². The van der Waals surface area contributed by atoms with E-state index in [9.17, 15) is 9.59 Å². The minimum absolute atomic E-state index is 0.0839. The molecule has 5 nitrogen and oxygen atoms in total. The highest BCUT2D eigenvalue weighted by Gasteiger charge is 2.34.